The molecule has 0 aromatic heterocycles. The van der Waals surface area contributed by atoms with E-state index in [1.165, 1.54) is 12.1 Å². The third-order valence-corrected chi connectivity index (χ3v) is 5.01. The van der Waals surface area contributed by atoms with Crippen LogP contribution in [0.5, 0.6) is 0 Å². The topological polar surface area (TPSA) is 29.1 Å². The first-order valence-electron chi connectivity index (χ1n) is 6.55. The maximum atomic E-state index is 13.5. The average Bonchev–Trinajstić information content (AvgIpc) is 2.45. The summed E-state index contributed by atoms with van der Waals surface area (Å²) >= 11 is 6.94. The Morgan fingerprint density at radius 2 is 1.90 bits per heavy atom. The van der Waals surface area contributed by atoms with Gasteiger partial charge in [0.25, 0.3) is 0 Å². The van der Waals surface area contributed by atoms with Gasteiger partial charge in [-0.25, -0.2) is 4.39 Å². The molecule has 1 aliphatic rings. The molecule has 2 aromatic rings. The van der Waals surface area contributed by atoms with Crippen LogP contribution in [0.15, 0.2) is 40.9 Å². The van der Waals surface area contributed by atoms with Crippen molar-refractivity contribution in [1.82, 2.24) is 0 Å². The van der Waals surface area contributed by atoms with E-state index in [1.54, 1.807) is 0 Å². The van der Waals surface area contributed by atoms with Gasteiger partial charge in [0.15, 0.2) is 0 Å². The van der Waals surface area contributed by atoms with E-state index < -0.39 is 0 Å². The lowest BCUT2D eigenvalue weighted by molar-refractivity contribution is -0.116. The number of halogens is 3. The minimum atomic E-state index is -0.269. The number of anilines is 1. The fourth-order valence-corrected chi connectivity index (χ4v) is 3.51. The molecule has 1 N–H and O–H groups in total. The molecular formula is C16H12Br2FNO. The summed E-state index contributed by atoms with van der Waals surface area (Å²) in [7, 11) is 0. The number of fused-ring (bicyclic) bond motifs is 1. The number of carbonyl (C=O) groups excluding carboxylic acids is 1. The fourth-order valence-electron chi connectivity index (χ4n) is 2.47. The molecule has 1 unspecified atom stereocenters. The van der Waals surface area contributed by atoms with Gasteiger partial charge in [0.05, 0.1) is 4.83 Å². The van der Waals surface area contributed by atoms with Crippen molar-refractivity contribution in [3.63, 3.8) is 0 Å². The van der Waals surface area contributed by atoms with Gasteiger partial charge < -0.3 is 5.32 Å². The molecule has 0 radical (unpaired) electrons. The molecule has 1 amide bonds. The molecule has 0 bridgehead atoms. The number of benzene rings is 2. The standard InChI is InChI=1S/C16H12Br2FNO/c17-12-6-11(7-13(19)8-12)16(18)10-1-3-14-9(5-10)2-4-15(21)20-14/h1,3,5-8,16H,2,4H2,(H,20,21). The van der Waals surface area contributed by atoms with E-state index in [9.17, 15) is 9.18 Å². The number of alkyl halides is 1. The SMILES string of the molecule is O=C1CCc2cc(C(Br)c3cc(F)cc(Br)c3)ccc2N1. The Bertz CT molecular complexity index is 697. The largest absolute Gasteiger partial charge is 0.326 e. The molecule has 3 rings (SSSR count). The highest BCUT2D eigenvalue weighted by atomic mass is 79.9. The van der Waals surface area contributed by atoms with Crippen LogP contribution in [0.2, 0.25) is 0 Å². The van der Waals surface area contributed by atoms with E-state index in [0.29, 0.717) is 10.9 Å². The van der Waals surface area contributed by atoms with Crippen LogP contribution in [0, 0.1) is 5.82 Å². The molecule has 0 saturated carbocycles. The summed E-state index contributed by atoms with van der Waals surface area (Å²) in [5.41, 5.74) is 3.88. The first-order chi connectivity index (χ1) is 10.0. The molecule has 5 heteroatoms. The lowest BCUT2D eigenvalue weighted by Gasteiger charge is -2.19. The second kappa shape index (κ2) is 5.89. The molecule has 0 spiro atoms. The lowest BCUT2D eigenvalue weighted by atomic mass is 9.97. The number of nitrogens with one attached hydrogen (secondary N) is 1. The van der Waals surface area contributed by atoms with Crippen LogP contribution in [-0.4, -0.2) is 5.91 Å². The predicted octanol–water partition coefficient (Wildman–Crippen LogP) is 4.96. The lowest BCUT2D eigenvalue weighted by Crippen LogP contribution is -2.19. The second-order valence-corrected chi connectivity index (χ2v) is 6.86. The smallest absolute Gasteiger partial charge is 0.224 e. The number of rotatable bonds is 2. The van der Waals surface area contributed by atoms with Gasteiger partial charge in [-0.2, -0.15) is 0 Å². The Kier molecular flexibility index (Phi) is 4.13. The van der Waals surface area contributed by atoms with Crippen LogP contribution < -0.4 is 5.32 Å². The second-order valence-electron chi connectivity index (χ2n) is 5.03. The fraction of sp³-hybridized carbons (Fsp3) is 0.188. The van der Waals surface area contributed by atoms with E-state index in [1.807, 2.05) is 18.2 Å². The van der Waals surface area contributed by atoms with Crippen molar-refractivity contribution in [3.8, 4) is 0 Å². The summed E-state index contributed by atoms with van der Waals surface area (Å²) in [6, 6.07) is 10.8. The molecule has 1 heterocycles. The monoisotopic (exact) mass is 411 g/mol. The summed E-state index contributed by atoms with van der Waals surface area (Å²) in [4.78, 5) is 11.3. The maximum absolute atomic E-state index is 13.5. The van der Waals surface area contributed by atoms with Crippen molar-refractivity contribution in [2.24, 2.45) is 0 Å². The highest BCUT2D eigenvalue weighted by Crippen LogP contribution is 2.35. The van der Waals surface area contributed by atoms with Crippen molar-refractivity contribution in [1.29, 1.82) is 0 Å². The predicted molar refractivity (Wildman–Crippen MR) is 88.3 cm³/mol. The van der Waals surface area contributed by atoms with Crippen molar-refractivity contribution < 1.29 is 9.18 Å². The molecule has 0 fully saturated rings. The Labute approximate surface area is 139 Å². The van der Waals surface area contributed by atoms with Crippen LogP contribution in [0.25, 0.3) is 0 Å². The van der Waals surface area contributed by atoms with E-state index in [4.69, 9.17) is 0 Å². The minimum Gasteiger partial charge on any atom is -0.326 e. The van der Waals surface area contributed by atoms with Gasteiger partial charge in [-0.15, -0.1) is 0 Å². The highest BCUT2D eigenvalue weighted by Gasteiger charge is 2.18. The van der Waals surface area contributed by atoms with E-state index in [2.05, 4.69) is 43.2 Å². The van der Waals surface area contributed by atoms with Gasteiger partial charge >= 0.3 is 0 Å². The van der Waals surface area contributed by atoms with Crippen LogP contribution in [-0.2, 0) is 11.2 Å². The number of hydrogen-bond donors (Lipinski definition) is 1. The number of amides is 1. The molecule has 1 atom stereocenters. The minimum absolute atomic E-state index is 0.0553. The van der Waals surface area contributed by atoms with Crippen molar-refractivity contribution >= 4 is 43.5 Å². The average molecular weight is 413 g/mol. The zero-order valence-electron chi connectivity index (χ0n) is 11.0. The summed E-state index contributed by atoms with van der Waals surface area (Å²) in [5, 5.41) is 2.86. The first kappa shape index (κ1) is 14.7. The number of carbonyl (C=O) groups is 1. The first-order valence-corrected chi connectivity index (χ1v) is 8.26. The Balaban J connectivity index is 1.94. The summed E-state index contributed by atoms with van der Waals surface area (Å²) < 4.78 is 14.2. The summed E-state index contributed by atoms with van der Waals surface area (Å²) in [6.45, 7) is 0. The van der Waals surface area contributed by atoms with Crippen LogP contribution in [0.1, 0.15) is 27.9 Å². The zero-order valence-corrected chi connectivity index (χ0v) is 14.2. The summed E-state index contributed by atoms with van der Waals surface area (Å²) in [5.74, 6) is -0.214. The van der Waals surface area contributed by atoms with Crippen LogP contribution in [0.4, 0.5) is 10.1 Å². The Morgan fingerprint density at radius 3 is 2.67 bits per heavy atom. The van der Waals surface area contributed by atoms with Crippen LogP contribution in [0.3, 0.4) is 0 Å². The zero-order chi connectivity index (χ0) is 15.0. The quantitative estimate of drug-likeness (QED) is 0.694. The molecule has 0 aliphatic carbocycles. The van der Waals surface area contributed by atoms with Gasteiger partial charge in [0.1, 0.15) is 5.82 Å². The van der Waals surface area contributed by atoms with Crippen molar-refractivity contribution in [2.75, 3.05) is 5.32 Å². The maximum Gasteiger partial charge on any atom is 0.224 e. The normalized spacial score (nSPS) is 15.3. The number of aryl methyl sites for hydroxylation is 1. The molecule has 1 aliphatic heterocycles. The third-order valence-electron chi connectivity index (χ3n) is 3.49. The third kappa shape index (κ3) is 3.19. The van der Waals surface area contributed by atoms with Gasteiger partial charge in [-0.3, -0.25) is 4.79 Å². The van der Waals surface area contributed by atoms with E-state index in [-0.39, 0.29) is 16.6 Å². The Hall–Kier alpha value is -1.20. The summed E-state index contributed by atoms with van der Waals surface area (Å²) in [6.07, 6.45) is 1.25. The molecule has 21 heavy (non-hydrogen) atoms. The molecule has 2 nitrogen and oxygen atoms in total. The van der Waals surface area contributed by atoms with Gasteiger partial charge in [-0.1, -0.05) is 44.0 Å². The molecule has 2 aromatic carbocycles. The van der Waals surface area contributed by atoms with Gasteiger partial charge in [0.2, 0.25) is 5.91 Å². The van der Waals surface area contributed by atoms with Gasteiger partial charge in [0, 0.05) is 16.6 Å². The Morgan fingerprint density at radius 1 is 1.10 bits per heavy atom. The highest BCUT2D eigenvalue weighted by molar-refractivity contribution is 9.10. The molecule has 108 valence electrons. The molecule has 0 saturated heterocycles. The molecular weight excluding hydrogens is 401 g/mol. The number of hydrogen-bond acceptors (Lipinski definition) is 1. The van der Waals surface area contributed by atoms with Crippen molar-refractivity contribution in [3.05, 3.63) is 63.4 Å². The van der Waals surface area contributed by atoms with E-state index in [0.717, 1.165) is 28.8 Å². The van der Waals surface area contributed by atoms with Gasteiger partial charge in [-0.05, 0) is 47.4 Å². The van der Waals surface area contributed by atoms with Crippen molar-refractivity contribution in [2.45, 2.75) is 17.7 Å². The van der Waals surface area contributed by atoms with Crippen LogP contribution >= 0.6 is 31.9 Å². The van der Waals surface area contributed by atoms with E-state index >= 15 is 0 Å².